The highest BCUT2D eigenvalue weighted by Crippen LogP contribution is 2.31. The molecule has 152 valence electrons. The van der Waals surface area contributed by atoms with Crippen molar-refractivity contribution in [1.29, 1.82) is 0 Å². The Balaban J connectivity index is 1.51. The summed E-state index contributed by atoms with van der Waals surface area (Å²) in [7, 11) is 1.99. The molecular weight excluding hydrogens is 362 g/mol. The normalized spacial score (nSPS) is 14.2. The van der Waals surface area contributed by atoms with Crippen LogP contribution in [0.4, 0.5) is 5.82 Å². The Hall–Kier alpha value is -2.86. The van der Waals surface area contributed by atoms with E-state index in [1.165, 1.54) is 11.3 Å². The fourth-order valence-corrected chi connectivity index (χ4v) is 3.93. The highest BCUT2D eigenvalue weighted by molar-refractivity contribution is 5.72. The Labute approximate surface area is 172 Å². The van der Waals surface area contributed by atoms with Gasteiger partial charge in [-0.25, -0.2) is 4.98 Å². The summed E-state index contributed by atoms with van der Waals surface area (Å²) in [6.45, 7) is 8.76. The maximum atomic E-state index is 6.22. The second-order valence-corrected chi connectivity index (χ2v) is 7.51. The van der Waals surface area contributed by atoms with Crippen molar-refractivity contribution >= 4 is 5.82 Å². The zero-order valence-electron chi connectivity index (χ0n) is 17.5. The van der Waals surface area contributed by atoms with Crippen LogP contribution < -0.4 is 15.0 Å². The van der Waals surface area contributed by atoms with Crippen LogP contribution in [-0.4, -0.2) is 47.6 Å². The fraction of sp³-hybridized carbons (Fsp3) is 0.391. The number of aryl methyl sites for hydroxylation is 2. The Morgan fingerprint density at radius 1 is 1.10 bits per heavy atom. The number of hydrogen-bond donors (Lipinski definition) is 1. The van der Waals surface area contributed by atoms with Gasteiger partial charge >= 0.3 is 0 Å². The van der Waals surface area contributed by atoms with Crippen LogP contribution in [0, 0.1) is 13.8 Å². The van der Waals surface area contributed by atoms with Crippen LogP contribution in [0.5, 0.6) is 5.75 Å². The molecule has 0 atom stereocenters. The third-order valence-corrected chi connectivity index (χ3v) is 5.65. The molecule has 0 saturated carbocycles. The van der Waals surface area contributed by atoms with Gasteiger partial charge in [0.25, 0.3) is 0 Å². The van der Waals surface area contributed by atoms with Crippen LogP contribution in [0.2, 0.25) is 0 Å². The molecule has 0 amide bonds. The number of hydrogen-bond acceptors (Lipinski definition) is 5. The molecule has 29 heavy (non-hydrogen) atoms. The van der Waals surface area contributed by atoms with E-state index in [9.17, 15) is 0 Å². The standard InChI is InChI=1S/C23H29N5O/c1-17-20(18(2)27(3)26-17)9-15-29-22-7-5-4-6-21(22)19-8-10-25-23(16-19)28-13-11-24-12-14-28/h4-8,10,16,24H,9,11-15H2,1-3H3. The van der Waals surface area contributed by atoms with Gasteiger partial charge in [0.15, 0.2) is 0 Å². The number of nitrogens with one attached hydrogen (secondary N) is 1. The molecule has 0 spiro atoms. The first-order valence-corrected chi connectivity index (χ1v) is 10.3. The van der Waals surface area contributed by atoms with Gasteiger partial charge in [-0.1, -0.05) is 18.2 Å². The summed E-state index contributed by atoms with van der Waals surface area (Å²) in [5, 5.41) is 7.89. The molecule has 0 bridgehead atoms. The van der Waals surface area contributed by atoms with E-state index in [1.54, 1.807) is 0 Å². The van der Waals surface area contributed by atoms with E-state index < -0.39 is 0 Å². The van der Waals surface area contributed by atoms with Crippen LogP contribution in [0.1, 0.15) is 17.0 Å². The van der Waals surface area contributed by atoms with Crippen LogP contribution in [-0.2, 0) is 13.5 Å². The molecule has 6 heteroatoms. The van der Waals surface area contributed by atoms with Crippen LogP contribution in [0.15, 0.2) is 42.6 Å². The van der Waals surface area contributed by atoms with Crippen molar-refractivity contribution < 1.29 is 4.74 Å². The molecule has 1 aliphatic rings. The lowest BCUT2D eigenvalue weighted by Gasteiger charge is -2.28. The van der Waals surface area contributed by atoms with Crippen molar-refractivity contribution in [3.8, 4) is 16.9 Å². The average Bonchev–Trinajstić information content (AvgIpc) is 3.01. The van der Waals surface area contributed by atoms with Gasteiger partial charge in [0, 0.05) is 57.1 Å². The third kappa shape index (κ3) is 4.27. The zero-order chi connectivity index (χ0) is 20.2. The lowest BCUT2D eigenvalue weighted by Crippen LogP contribution is -2.43. The first-order valence-electron chi connectivity index (χ1n) is 10.3. The SMILES string of the molecule is Cc1nn(C)c(C)c1CCOc1ccccc1-c1ccnc(N2CCNCC2)c1. The van der Waals surface area contributed by atoms with Gasteiger partial charge in [-0.3, -0.25) is 4.68 Å². The maximum absolute atomic E-state index is 6.22. The van der Waals surface area contributed by atoms with Gasteiger partial charge in [0.1, 0.15) is 11.6 Å². The van der Waals surface area contributed by atoms with Crippen molar-refractivity contribution in [2.45, 2.75) is 20.3 Å². The number of benzene rings is 1. The third-order valence-electron chi connectivity index (χ3n) is 5.65. The number of ether oxygens (including phenoxy) is 1. The molecule has 2 aromatic heterocycles. The molecule has 1 fully saturated rings. The van der Waals surface area contributed by atoms with Gasteiger partial charge < -0.3 is 15.0 Å². The molecule has 0 radical (unpaired) electrons. The van der Waals surface area contributed by atoms with E-state index in [4.69, 9.17) is 4.74 Å². The molecule has 1 aromatic carbocycles. The highest BCUT2D eigenvalue weighted by atomic mass is 16.5. The lowest BCUT2D eigenvalue weighted by atomic mass is 10.1. The average molecular weight is 392 g/mol. The van der Waals surface area contributed by atoms with E-state index in [0.29, 0.717) is 6.61 Å². The first kappa shape index (κ1) is 19.5. The van der Waals surface area contributed by atoms with E-state index in [1.807, 2.05) is 30.1 Å². The summed E-state index contributed by atoms with van der Waals surface area (Å²) >= 11 is 0. The highest BCUT2D eigenvalue weighted by Gasteiger charge is 2.14. The summed E-state index contributed by atoms with van der Waals surface area (Å²) < 4.78 is 8.16. The fourth-order valence-electron chi connectivity index (χ4n) is 3.93. The predicted octanol–water partition coefficient (Wildman–Crippen LogP) is 3.13. The minimum atomic E-state index is 0.625. The predicted molar refractivity (Wildman–Crippen MR) is 117 cm³/mol. The maximum Gasteiger partial charge on any atom is 0.129 e. The first-order chi connectivity index (χ1) is 14.1. The monoisotopic (exact) mass is 391 g/mol. The number of para-hydroxylation sites is 1. The van der Waals surface area contributed by atoms with E-state index in [-0.39, 0.29) is 0 Å². The number of pyridine rings is 1. The number of anilines is 1. The summed E-state index contributed by atoms with van der Waals surface area (Å²) in [4.78, 5) is 6.92. The van der Waals surface area contributed by atoms with E-state index in [0.717, 1.165) is 61.0 Å². The second-order valence-electron chi connectivity index (χ2n) is 7.51. The van der Waals surface area contributed by atoms with Crippen molar-refractivity contribution in [3.05, 3.63) is 59.5 Å². The minimum absolute atomic E-state index is 0.625. The van der Waals surface area contributed by atoms with E-state index >= 15 is 0 Å². The van der Waals surface area contributed by atoms with Crippen LogP contribution >= 0.6 is 0 Å². The van der Waals surface area contributed by atoms with Gasteiger partial charge in [0.2, 0.25) is 0 Å². The molecule has 6 nitrogen and oxygen atoms in total. The Bertz CT molecular complexity index is 975. The Morgan fingerprint density at radius 3 is 2.66 bits per heavy atom. The summed E-state index contributed by atoms with van der Waals surface area (Å²) in [6, 6.07) is 12.5. The van der Waals surface area contributed by atoms with Crippen molar-refractivity contribution in [3.63, 3.8) is 0 Å². The molecular formula is C23H29N5O. The number of rotatable bonds is 6. The van der Waals surface area contributed by atoms with E-state index in [2.05, 4.69) is 58.4 Å². The smallest absolute Gasteiger partial charge is 0.129 e. The minimum Gasteiger partial charge on any atom is -0.493 e. The molecule has 1 saturated heterocycles. The molecule has 0 aliphatic carbocycles. The number of aromatic nitrogens is 3. The topological polar surface area (TPSA) is 55.2 Å². The molecule has 1 N–H and O–H groups in total. The zero-order valence-corrected chi connectivity index (χ0v) is 17.5. The Morgan fingerprint density at radius 2 is 1.90 bits per heavy atom. The van der Waals surface area contributed by atoms with Gasteiger partial charge in [-0.2, -0.15) is 5.10 Å². The van der Waals surface area contributed by atoms with Crippen LogP contribution in [0.3, 0.4) is 0 Å². The molecule has 4 rings (SSSR count). The number of nitrogens with zero attached hydrogens (tertiary/aromatic N) is 4. The summed E-state index contributed by atoms with van der Waals surface area (Å²) in [5.41, 5.74) is 5.80. The van der Waals surface area contributed by atoms with Gasteiger partial charge in [0.05, 0.1) is 12.3 Å². The number of piperazine rings is 1. The largest absolute Gasteiger partial charge is 0.493 e. The van der Waals surface area contributed by atoms with Crippen LogP contribution in [0.25, 0.3) is 11.1 Å². The second kappa shape index (κ2) is 8.66. The van der Waals surface area contributed by atoms with Crippen molar-refractivity contribution in [2.75, 3.05) is 37.7 Å². The molecule has 3 aromatic rings. The Kier molecular flexibility index (Phi) is 5.81. The van der Waals surface area contributed by atoms with Gasteiger partial charge in [-0.05, 0) is 43.2 Å². The summed E-state index contributed by atoms with van der Waals surface area (Å²) in [6.07, 6.45) is 2.74. The van der Waals surface area contributed by atoms with Gasteiger partial charge in [-0.15, -0.1) is 0 Å². The molecule has 3 heterocycles. The molecule has 0 unspecified atom stereocenters. The quantitative estimate of drug-likeness (QED) is 0.700. The lowest BCUT2D eigenvalue weighted by molar-refractivity contribution is 0.322. The van der Waals surface area contributed by atoms with Crippen molar-refractivity contribution in [1.82, 2.24) is 20.1 Å². The summed E-state index contributed by atoms with van der Waals surface area (Å²) in [5.74, 6) is 1.93. The molecule has 1 aliphatic heterocycles. The van der Waals surface area contributed by atoms with Crippen molar-refractivity contribution in [2.24, 2.45) is 7.05 Å².